The van der Waals surface area contributed by atoms with Gasteiger partial charge in [0.15, 0.2) is 5.79 Å². The molecule has 0 bridgehead atoms. The predicted octanol–water partition coefficient (Wildman–Crippen LogP) is 4.60. The van der Waals surface area contributed by atoms with Crippen LogP contribution in [-0.2, 0) is 9.47 Å². The van der Waals surface area contributed by atoms with Crippen LogP contribution in [0.25, 0.3) is 0 Å². The first-order valence-electron chi connectivity index (χ1n) is 9.44. The molecule has 0 aliphatic carbocycles. The Labute approximate surface area is 142 Å². The summed E-state index contributed by atoms with van der Waals surface area (Å²) in [5, 5.41) is 12.6. The molecule has 0 aromatic rings. The Kier molecular flexibility index (Phi) is 5.24. The van der Waals surface area contributed by atoms with Crippen LogP contribution in [-0.4, -0.2) is 40.3 Å². The van der Waals surface area contributed by atoms with Gasteiger partial charge in [-0.25, -0.2) is 0 Å². The Morgan fingerprint density at radius 2 is 1.48 bits per heavy atom. The molecule has 0 aromatic carbocycles. The lowest BCUT2D eigenvalue weighted by Gasteiger charge is -2.63. The first-order valence-corrected chi connectivity index (χ1v) is 9.44. The Hall–Kier alpha value is -0.160. The lowest BCUT2D eigenvalue weighted by molar-refractivity contribution is -0.401. The SMILES string of the molecule is CCC1(CC)COC2(CC(C)(CC)N(O)C(C)(CC)C2C)OC1. The Bertz CT molecular complexity index is 413. The molecule has 2 rings (SSSR count). The van der Waals surface area contributed by atoms with Crippen LogP contribution in [0, 0.1) is 11.3 Å². The molecule has 0 saturated carbocycles. The molecule has 1 N–H and O–H groups in total. The molecule has 0 amide bonds. The van der Waals surface area contributed by atoms with Crippen molar-refractivity contribution in [2.45, 2.75) is 97.4 Å². The highest BCUT2D eigenvalue weighted by Crippen LogP contribution is 2.53. The first-order chi connectivity index (χ1) is 10.7. The van der Waals surface area contributed by atoms with Crippen molar-refractivity contribution in [3.8, 4) is 0 Å². The van der Waals surface area contributed by atoms with Gasteiger partial charge >= 0.3 is 0 Å². The van der Waals surface area contributed by atoms with Gasteiger partial charge in [-0.05, 0) is 39.5 Å². The van der Waals surface area contributed by atoms with E-state index < -0.39 is 5.79 Å². The summed E-state index contributed by atoms with van der Waals surface area (Å²) in [7, 11) is 0. The summed E-state index contributed by atoms with van der Waals surface area (Å²) in [6.07, 6.45) is 4.61. The second-order valence-corrected chi connectivity index (χ2v) is 8.37. The van der Waals surface area contributed by atoms with Crippen molar-refractivity contribution < 1.29 is 14.7 Å². The van der Waals surface area contributed by atoms with E-state index in [0.717, 1.165) is 38.9 Å². The van der Waals surface area contributed by atoms with E-state index in [2.05, 4.69) is 48.5 Å². The summed E-state index contributed by atoms with van der Waals surface area (Å²) in [6.45, 7) is 16.7. The monoisotopic (exact) mass is 327 g/mol. The quantitative estimate of drug-likeness (QED) is 0.819. The van der Waals surface area contributed by atoms with Gasteiger partial charge < -0.3 is 14.7 Å². The third-order valence-electron chi connectivity index (χ3n) is 7.44. The number of ether oxygens (including phenoxy) is 2. The van der Waals surface area contributed by atoms with Gasteiger partial charge in [0.25, 0.3) is 0 Å². The maximum atomic E-state index is 10.9. The van der Waals surface area contributed by atoms with Gasteiger partial charge in [-0.2, -0.15) is 5.06 Å². The third kappa shape index (κ3) is 2.76. The first kappa shape index (κ1) is 19.2. The van der Waals surface area contributed by atoms with Crippen molar-refractivity contribution >= 4 is 0 Å². The maximum Gasteiger partial charge on any atom is 0.174 e. The highest BCUT2D eigenvalue weighted by atomic mass is 16.7. The standard InChI is InChI=1S/C19H37NO3/c1-8-16(6)12-19(15(5)17(7,9-2)20(16)21)22-13-18(10-3,11-4)14-23-19/h15,21H,8-14H2,1-7H3. The molecule has 2 fully saturated rings. The number of piperidine rings is 1. The zero-order valence-corrected chi connectivity index (χ0v) is 16.2. The van der Waals surface area contributed by atoms with Gasteiger partial charge in [-0.1, -0.05) is 34.6 Å². The minimum Gasteiger partial charge on any atom is -0.349 e. The molecule has 3 unspecified atom stereocenters. The molecule has 136 valence electrons. The molecular formula is C19H37NO3. The lowest BCUT2D eigenvalue weighted by Crippen LogP contribution is -2.73. The molecule has 0 aromatic heterocycles. The number of hydrogen-bond donors (Lipinski definition) is 1. The summed E-state index contributed by atoms with van der Waals surface area (Å²) < 4.78 is 13.0. The maximum absolute atomic E-state index is 10.9. The van der Waals surface area contributed by atoms with Gasteiger partial charge in [0, 0.05) is 23.3 Å². The van der Waals surface area contributed by atoms with Crippen LogP contribution in [0.2, 0.25) is 0 Å². The number of nitrogens with zero attached hydrogens (tertiary/aromatic N) is 1. The number of hydrogen-bond acceptors (Lipinski definition) is 4. The zero-order chi connectivity index (χ0) is 17.5. The molecule has 4 nitrogen and oxygen atoms in total. The van der Waals surface area contributed by atoms with Crippen LogP contribution < -0.4 is 0 Å². The minimum atomic E-state index is -0.581. The van der Waals surface area contributed by atoms with E-state index in [0.29, 0.717) is 6.42 Å². The second-order valence-electron chi connectivity index (χ2n) is 8.37. The highest BCUT2D eigenvalue weighted by molar-refractivity contribution is 5.08. The van der Waals surface area contributed by atoms with Crippen LogP contribution in [0.15, 0.2) is 0 Å². The molecule has 0 radical (unpaired) electrons. The fourth-order valence-corrected chi connectivity index (χ4v) is 4.41. The third-order valence-corrected chi connectivity index (χ3v) is 7.44. The molecule has 2 aliphatic rings. The molecule has 2 heterocycles. The van der Waals surface area contributed by atoms with Crippen LogP contribution in [0.3, 0.4) is 0 Å². The fraction of sp³-hybridized carbons (Fsp3) is 1.00. The lowest BCUT2D eigenvalue weighted by atomic mass is 9.66. The molecule has 1 spiro atoms. The van der Waals surface area contributed by atoms with Crippen molar-refractivity contribution in [3.63, 3.8) is 0 Å². The number of rotatable bonds is 4. The van der Waals surface area contributed by atoms with Crippen molar-refractivity contribution in [3.05, 3.63) is 0 Å². The van der Waals surface area contributed by atoms with Gasteiger partial charge in [0.05, 0.1) is 18.8 Å². The van der Waals surface area contributed by atoms with Gasteiger partial charge in [0.2, 0.25) is 0 Å². The Morgan fingerprint density at radius 3 is 1.87 bits per heavy atom. The van der Waals surface area contributed by atoms with E-state index >= 15 is 0 Å². The molecule has 2 aliphatic heterocycles. The second kappa shape index (κ2) is 6.29. The molecule has 23 heavy (non-hydrogen) atoms. The van der Waals surface area contributed by atoms with Crippen LogP contribution in [0.5, 0.6) is 0 Å². The van der Waals surface area contributed by atoms with Gasteiger partial charge in [-0.15, -0.1) is 0 Å². The molecule has 2 saturated heterocycles. The van der Waals surface area contributed by atoms with Crippen molar-refractivity contribution in [1.82, 2.24) is 5.06 Å². The largest absolute Gasteiger partial charge is 0.349 e. The van der Waals surface area contributed by atoms with E-state index in [-0.39, 0.29) is 22.4 Å². The smallest absolute Gasteiger partial charge is 0.174 e. The van der Waals surface area contributed by atoms with E-state index in [1.807, 2.05) is 0 Å². The van der Waals surface area contributed by atoms with Crippen LogP contribution in [0.4, 0.5) is 0 Å². The summed E-state index contributed by atoms with van der Waals surface area (Å²) in [5.74, 6) is -0.473. The van der Waals surface area contributed by atoms with Crippen molar-refractivity contribution in [2.75, 3.05) is 13.2 Å². The molecular weight excluding hydrogens is 290 g/mol. The predicted molar refractivity (Wildman–Crippen MR) is 92.4 cm³/mol. The Balaban J connectivity index is 2.35. The summed E-state index contributed by atoms with van der Waals surface area (Å²) in [5.41, 5.74) is -0.524. The van der Waals surface area contributed by atoms with E-state index in [9.17, 15) is 5.21 Å². The van der Waals surface area contributed by atoms with Crippen LogP contribution in [0.1, 0.15) is 80.6 Å². The molecule has 4 heteroatoms. The average molecular weight is 328 g/mol. The normalized spacial score (nSPS) is 40.4. The van der Waals surface area contributed by atoms with Gasteiger partial charge in [0.1, 0.15) is 0 Å². The fourth-order valence-electron chi connectivity index (χ4n) is 4.41. The van der Waals surface area contributed by atoms with Crippen LogP contribution >= 0.6 is 0 Å². The Morgan fingerprint density at radius 1 is 0.957 bits per heavy atom. The summed E-state index contributed by atoms with van der Waals surface area (Å²) >= 11 is 0. The zero-order valence-electron chi connectivity index (χ0n) is 16.2. The average Bonchev–Trinajstić information content (AvgIpc) is 2.59. The van der Waals surface area contributed by atoms with E-state index in [1.54, 1.807) is 5.06 Å². The minimum absolute atomic E-state index is 0.108. The van der Waals surface area contributed by atoms with E-state index in [4.69, 9.17) is 9.47 Å². The van der Waals surface area contributed by atoms with Gasteiger partial charge in [-0.3, -0.25) is 0 Å². The summed E-state index contributed by atoms with van der Waals surface area (Å²) in [6, 6.07) is 0. The topological polar surface area (TPSA) is 41.9 Å². The summed E-state index contributed by atoms with van der Waals surface area (Å²) in [4.78, 5) is 0. The highest BCUT2D eigenvalue weighted by Gasteiger charge is 2.62. The number of hydroxylamine groups is 2. The molecule has 3 atom stereocenters. The van der Waals surface area contributed by atoms with Crippen molar-refractivity contribution in [2.24, 2.45) is 11.3 Å². The van der Waals surface area contributed by atoms with Crippen molar-refractivity contribution in [1.29, 1.82) is 0 Å². The van der Waals surface area contributed by atoms with E-state index in [1.165, 1.54) is 0 Å².